The van der Waals surface area contributed by atoms with Gasteiger partial charge in [0, 0.05) is 12.1 Å². The molecular formula is C8H10ClN3. The molecule has 0 unspecified atom stereocenters. The highest BCUT2D eigenvalue weighted by Gasteiger charge is 2.00. The van der Waals surface area contributed by atoms with Crippen molar-refractivity contribution in [1.82, 2.24) is 4.98 Å². The number of rotatable bonds is 2. The molecule has 3 N–H and O–H groups in total. The lowest BCUT2D eigenvalue weighted by Crippen LogP contribution is -2.13. The number of nitrogens with zero attached hydrogens (tertiary/aromatic N) is 1. The van der Waals surface area contributed by atoms with Gasteiger partial charge in [-0.1, -0.05) is 11.6 Å². The summed E-state index contributed by atoms with van der Waals surface area (Å²) in [4.78, 5) is 4.16. The number of hydrogen-bond donors (Lipinski definition) is 2. The van der Waals surface area contributed by atoms with Crippen molar-refractivity contribution < 1.29 is 0 Å². The molecule has 1 heterocycles. The first-order valence-corrected chi connectivity index (χ1v) is 3.92. The SMILES string of the molecule is Cc1nc(CC(=N)N)ccc1Cl. The summed E-state index contributed by atoms with van der Waals surface area (Å²) >= 11 is 5.77. The van der Waals surface area contributed by atoms with Crippen molar-refractivity contribution in [2.24, 2.45) is 5.73 Å². The molecule has 0 radical (unpaired) electrons. The number of amidine groups is 1. The molecule has 0 spiro atoms. The second-order valence-electron chi connectivity index (χ2n) is 2.57. The Morgan fingerprint density at radius 3 is 2.83 bits per heavy atom. The first-order chi connectivity index (χ1) is 5.59. The summed E-state index contributed by atoms with van der Waals surface area (Å²) in [6.07, 6.45) is 0.387. The van der Waals surface area contributed by atoms with Crippen LogP contribution in [0.1, 0.15) is 11.4 Å². The van der Waals surface area contributed by atoms with Gasteiger partial charge in [0.1, 0.15) is 0 Å². The largest absolute Gasteiger partial charge is 0.387 e. The van der Waals surface area contributed by atoms with Crippen LogP contribution in [0.3, 0.4) is 0 Å². The molecule has 0 amide bonds. The maximum atomic E-state index is 7.06. The Kier molecular flexibility index (Phi) is 2.65. The highest BCUT2D eigenvalue weighted by atomic mass is 35.5. The van der Waals surface area contributed by atoms with Crippen molar-refractivity contribution in [1.29, 1.82) is 5.41 Å². The predicted octanol–water partition coefficient (Wildman–Crippen LogP) is 1.52. The normalized spacial score (nSPS) is 9.83. The third-order valence-corrected chi connectivity index (χ3v) is 1.85. The molecule has 0 atom stereocenters. The van der Waals surface area contributed by atoms with Gasteiger partial charge in [-0.3, -0.25) is 10.4 Å². The first-order valence-electron chi connectivity index (χ1n) is 3.54. The quantitative estimate of drug-likeness (QED) is 0.540. The van der Waals surface area contributed by atoms with Gasteiger partial charge < -0.3 is 5.73 Å². The number of halogens is 1. The van der Waals surface area contributed by atoms with Gasteiger partial charge in [0.2, 0.25) is 0 Å². The molecule has 3 nitrogen and oxygen atoms in total. The van der Waals surface area contributed by atoms with Crippen LogP contribution in [0.15, 0.2) is 12.1 Å². The van der Waals surface area contributed by atoms with Crippen LogP contribution in [0.25, 0.3) is 0 Å². The van der Waals surface area contributed by atoms with E-state index in [0.717, 1.165) is 11.4 Å². The number of nitrogens with one attached hydrogen (secondary N) is 1. The van der Waals surface area contributed by atoms with Crippen LogP contribution in [0, 0.1) is 12.3 Å². The average molecular weight is 184 g/mol. The molecular weight excluding hydrogens is 174 g/mol. The smallest absolute Gasteiger partial charge is 0.0966 e. The minimum Gasteiger partial charge on any atom is -0.387 e. The van der Waals surface area contributed by atoms with E-state index in [1.165, 1.54) is 0 Å². The van der Waals surface area contributed by atoms with Gasteiger partial charge in [-0.05, 0) is 19.1 Å². The van der Waals surface area contributed by atoms with Crippen molar-refractivity contribution in [3.05, 3.63) is 28.5 Å². The zero-order valence-corrected chi connectivity index (χ0v) is 7.52. The maximum Gasteiger partial charge on any atom is 0.0966 e. The molecule has 1 rings (SSSR count). The third kappa shape index (κ3) is 2.20. The van der Waals surface area contributed by atoms with Crippen molar-refractivity contribution in [3.63, 3.8) is 0 Å². The van der Waals surface area contributed by atoms with Crippen molar-refractivity contribution in [2.45, 2.75) is 13.3 Å². The molecule has 0 fully saturated rings. The van der Waals surface area contributed by atoms with E-state index in [9.17, 15) is 0 Å². The fourth-order valence-corrected chi connectivity index (χ4v) is 0.995. The van der Waals surface area contributed by atoms with Crippen LogP contribution in [-0.2, 0) is 6.42 Å². The van der Waals surface area contributed by atoms with Gasteiger partial charge in [-0.25, -0.2) is 0 Å². The van der Waals surface area contributed by atoms with Crippen molar-refractivity contribution in [3.8, 4) is 0 Å². The van der Waals surface area contributed by atoms with E-state index in [4.69, 9.17) is 22.7 Å². The van der Waals surface area contributed by atoms with E-state index in [0.29, 0.717) is 11.4 Å². The average Bonchev–Trinajstić information content (AvgIpc) is 1.96. The number of pyridine rings is 1. The Balaban J connectivity index is 2.89. The molecule has 1 aromatic heterocycles. The fourth-order valence-electron chi connectivity index (χ4n) is 0.890. The van der Waals surface area contributed by atoms with Crippen LogP contribution in [0.2, 0.25) is 5.02 Å². The lowest BCUT2D eigenvalue weighted by Gasteiger charge is -2.01. The highest BCUT2D eigenvalue weighted by molar-refractivity contribution is 6.31. The lowest BCUT2D eigenvalue weighted by molar-refractivity contribution is 1.07. The summed E-state index contributed by atoms with van der Waals surface area (Å²) in [7, 11) is 0. The van der Waals surface area contributed by atoms with Crippen LogP contribution >= 0.6 is 11.6 Å². The minimum atomic E-state index is 0.115. The standard InChI is InChI=1S/C8H10ClN3/c1-5-7(9)3-2-6(12-5)4-8(10)11/h2-3H,4H2,1H3,(H3,10,11). The van der Waals surface area contributed by atoms with Gasteiger partial charge >= 0.3 is 0 Å². The molecule has 0 bridgehead atoms. The van der Waals surface area contributed by atoms with Crippen molar-refractivity contribution in [2.75, 3.05) is 0 Å². The first kappa shape index (κ1) is 9.00. The molecule has 12 heavy (non-hydrogen) atoms. The second kappa shape index (κ2) is 3.54. The second-order valence-corrected chi connectivity index (χ2v) is 2.98. The van der Waals surface area contributed by atoms with Crippen LogP contribution in [0.5, 0.6) is 0 Å². The molecule has 1 aromatic rings. The van der Waals surface area contributed by atoms with Gasteiger partial charge in [-0.15, -0.1) is 0 Å². The van der Waals surface area contributed by atoms with E-state index in [1.54, 1.807) is 12.1 Å². The summed E-state index contributed by atoms with van der Waals surface area (Å²) in [6, 6.07) is 3.54. The number of hydrogen-bond acceptors (Lipinski definition) is 2. The fraction of sp³-hybridized carbons (Fsp3) is 0.250. The van der Waals surface area contributed by atoms with E-state index in [1.807, 2.05) is 6.92 Å². The monoisotopic (exact) mass is 183 g/mol. The molecule has 0 aromatic carbocycles. The molecule has 0 saturated heterocycles. The zero-order chi connectivity index (χ0) is 9.14. The van der Waals surface area contributed by atoms with Gasteiger partial charge in [-0.2, -0.15) is 0 Å². The molecule has 0 saturated carbocycles. The van der Waals surface area contributed by atoms with Crippen LogP contribution in [0.4, 0.5) is 0 Å². The minimum absolute atomic E-state index is 0.115. The van der Waals surface area contributed by atoms with E-state index < -0.39 is 0 Å². The third-order valence-electron chi connectivity index (χ3n) is 1.45. The molecule has 0 aliphatic carbocycles. The molecule has 64 valence electrons. The Labute approximate surface area is 76.1 Å². The Bertz CT molecular complexity index is 309. The summed E-state index contributed by atoms with van der Waals surface area (Å²) in [6.45, 7) is 1.83. The van der Waals surface area contributed by atoms with Crippen molar-refractivity contribution >= 4 is 17.4 Å². The summed E-state index contributed by atoms with van der Waals surface area (Å²) in [5.74, 6) is 0.115. The van der Waals surface area contributed by atoms with Gasteiger partial charge in [0.05, 0.1) is 16.6 Å². The highest BCUT2D eigenvalue weighted by Crippen LogP contribution is 2.12. The van der Waals surface area contributed by atoms with E-state index in [-0.39, 0.29) is 5.84 Å². The van der Waals surface area contributed by atoms with Gasteiger partial charge in [0.15, 0.2) is 0 Å². The summed E-state index contributed by atoms with van der Waals surface area (Å²) < 4.78 is 0. The molecule has 4 heteroatoms. The van der Waals surface area contributed by atoms with E-state index >= 15 is 0 Å². The Morgan fingerprint density at radius 1 is 1.67 bits per heavy atom. The van der Waals surface area contributed by atoms with Crippen LogP contribution in [-0.4, -0.2) is 10.8 Å². The number of aryl methyl sites for hydroxylation is 1. The van der Waals surface area contributed by atoms with Gasteiger partial charge in [0.25, 0.3) is 0 Å². The molecule has 0 aliphatic heterocycles. The number of aromatic nitrogens is 1. The summed E-state index contributed by atoms with van der Waals surface area (Å²) in [5, 5.41) is 7.70. The summed E-state index contributed by atoms with van der Waals surface area (Å²) in [5.41, 5.74) is 6.78. The Hall–Kier alpha value is -1.09. The molecule has 0 aliphatic rings. The topological polar surface area (TPSA) is 62.8 Å². The van der Waals surface area contributed by atoms with Crippen LogP contribution < -0.4 is 5.73 Å². The number of nitrogens with two attached hydrogens (primary N) is 1. The van der Waals surface area contributed by atoms with E-state index in [2.05, 4.69) is 4.98 Å². The Morgan fingerprint density at radius 2 is 2.33 bits per heavy atom. The maximum absolute atomic E-state index is 7.06. The zero-order valence-electron chi connectivity index (χ0n) is 6.76. The lowest BCUT2D eigenvalue weighted by atomic mass is 10.2. The predicted molar refractivity (Wildman–Crippen MR) is 49.6 cm³/mol.